The molecule has 0 saturated carbocycles. The molecule has 0 aliphatic carbocycles. The summed E-state index contributed by atoms with van der Waals surface area (Å²) in [6.45, 7) is 1.95. The molecule has 1 aromatic heterocycles. The molecule has 2 aromatic rings. The molecule has 1 unspecified atom stereocenters. The van der Waals surface area contributed by atoms with Gasteiger partial charge in [-0.05, 0) is 36.2 Å². The second-order valence-electron chi connectivity index (χ2n) is 4.00. The molecule has 1 heterocycles. The van der Waals surface area contributed by atoms with Crippen LogP contribution in [-0.4, -0.2) is 9.19 Å². The van der Waals surface area contributed by atoms with Crippen molar-refractivity contribution in [2.24, 2.45) is 0 Å². The Morgan fingerprint density at radius 2 is 2.17 bits per heavy atom. The summed E-state index contributed by atoms with van der Waals surface area (Å²) in [7, 11) is -1.20. The van der Waals surface area contributed by atoms with E-state index in [0.29, 0.717) is 21.4 Å². The Morgan fingerprint density at radius 1 is 1.39 bits per heavy atom. The molecule has 18 heavy (non-hydrogen) atoms. The summed E-state index contributed by atoms with van der Waals surface area (Å²) in [5.74, 6) is 0.342. The number of rotatable bonds is 3. The highest BCUT2D eigenvalue weighted by atomic mass is 35.5. The fraction of sp³-hybridized carbons (Fsp3) is 0.154. The van der Waals surface area contributed by atoms with Crippen LogP contribution in [0.3, 0.4) is 0 Å². The van der Waals surface area contributed by atoms with Crippen molar-refractivity contribution < 1.29 is 4.21 Å². The number of nitrogen functional groups attached to an aromatic ring is 1. The Kier molecular flexibility index (Phi) is 3.99. The molecule has 5 heteroatoms. The molecule has 0 aliphatic rings. The maximum atomic E-state index is 12.3. The van der Waals surface area contributed by atoms with Gasteiger partial charge in [0.2, 0.25) is 0 Å². The zero-order chi connectivity index (χ0) is 13.1. The third kappa shape index (κ3) is 2.89. The van der Waals surface area contributed by atoms with Crippen molar-refractivity contribution in [3.8, 4) is 0 Å². The third-order valence-corrected chi connectivity index (χ3v) is 4.33. The maximum absolute atomic E-state index is 12.3. The number of pyridine rings is 1. The van der Waals surface area contributed by atoms with Gasteiger partial charge in [-0.1, -0.05) is 17.7 Å². The molecule has 1 atom stereocenters. The Hall–Kier alpha value is -1.39. The van der Waals surface area contributed by atoms with Crippen molar-refractivity contribution in [1.29, 1.82) is 0 Å². The van der Waals surface area contributed by atoms with Crippen molar-refractivity contribution in [1.82, 2.24) is 4.98 Å². The van der Waals surface area contributed by atoms with E-state index in [0.717, 1.165) is 11.1 Å². The van der Waals surface area contributed by atoms with E-state index < -0.39 is 10.8 Å². The van der Waals surface area contributed by atoms with Gasteiger partial charge in [0.15, 0.2) is 0 Å². The first-order valence-corrected chi connectivity index (χ1v) is 7.10. The van der Waals surface area contributed by atoms with Crippen LogP contribution in [0.2, 0.25) is 5.02 Å². The van der Waals surface area contributed by atoms with Crippen molar-refractivity contribution >= 4 is 28.1 Å². The summed E-state index contributed by atoms with van der Waals surface area (Å²) in [5.41, 5.74) is 8.29. The zero-order valence-electron chi connectivity index (χ0n) is 9.89. The van der Waals surface area contributed by atoms with E-state index in [1.165, 1.54) is 0 Å². The molecule has 0 spiro atoms. The number of aromatic nitrogens is 1. The molecule has 0 bridgehead atoms. The van der Waals surface area contributed by atoms with E-state index in [-0.39, 0.29) is 0 Å². The molecule has 2 N–H and O–H groups in total. The van der Waals surface area contributed by atoms with Crippen LogP contribution in [0.5, 0.6) is 0 Å². The van der Waals surface area contributed by atoms with Gasteiger partial charge in [0.05, 0.1) is 26.5 Å². The van der Waals surface area contributed by atoms with Crippen LogP contribution in [0.4, 0.5) is 5.69 Å². The normalized spacial score (nSPS) is 12.3. The number of benzene rings is 1. The second-order valence-corrected chi connectivity index (χ2v) is 5.82. The fourth-order valence-electron chi connectivity index (χ4n) is 1.62. The van der Waals surface area contributed by atoms with Gasteiger partial charge in [-0.25, -0.2) is 0 Å². The minimum Gasteiger partial charge on any atom is -0.398 e. The van der Waals surface area contributed by atoms with E-state index in [1.54, 1.807) is 24.5 Å². The summed E-state index contributed by atoms with van der Waals surface area (Å²) in [5, 5.41) is 0.525. The molecular formula is C13H13ClN2OS. The monoisotopic (exact) mass is 280 g/mol. The zero-order valence-corrected chi connectivity index (χ0v) is 11.5. The quantitative estimate of drug-likeness (QED) is 0.880. The topological polar surface area (TPSA) is 56.0 Å². The van der Waals surface area contributed by atoms with Crippen molar-refractivity contribution in [2.45, 2.75) is 17.6 Å². The fourth-order valence-corrected chi connectivity index (χ4v) is 3.11. The molecule has 0 aliphatic heterocycles. The van der Waals surface area contributed by atoms with Crippen LogP contribution in [0.25, 0.3) is 0 Å². The number of aryl methyl sites for hydroxylation is 1. The van der Waals surface area contributed by atoms with E-state index in [2.05, 4.69) is 4.98 Å². The lowest BCUT2D eigenvalue weighted by atomic mass is 10.2. The van der Waals surface area contributed by atoms with Gasteiger partial charge in [0, 0.05) is 18.1 Å². The highest BCUT2D eigenvalue weighted by Gasteiger charge is 2.11. The summed E-state index contributed by atoms with van der Waals surface area (Å²) < 4.78 is 12.3. The minimum absolute atomic E-state index is 0.342. The van der Waals surface area contributed by atoms with Crippen LogP contribution in [0, 0.1) is 6.92 Å². The Bertz CT molecular complexity index is 601. The van der Waals surface area contributed by atoms with Crippen molar-refractivity contribution in [2.75, 3.05) is 5.73 Å². The predicted molar refractivity (Wildman–Crippen MR) is 75.0 cm³/mol. The van der Waals surface area contributed by atoms with E-state index >= 15 is 0 Å². The Morgan fingerprint density at radius 3 is 2.83 bits per heavy atom. The van der Waals surface area contributed by atoms with Crippen molar-refractivity contribution in [3.05, 3.63) is 52.8 Å². The lowest BCUT2D eigenvalue weighted by Crippen LogP contribution is -2.01. The summed E-state index contributed by atoms with van der Waals surface area (Å²) in [6, 6.07) is 7.29. The highest BCUT2D eigenvalue weighted by molar-refractivity contribution is 7.84. The molecule has 0 radical (unpaired) electrons. The molecule has 94 valence electrons. The third-order valence-electron chi connectivity index (χ3n) is 2.55. The lowest BCUT2D eigenvalue weighted by molar-refractivity contribution is 0.683. The SMILES string of the molecule is Cc1ccc(S(=O)Cc2ccncc2Cl)c(N)c1. The first kappa shape index (κ1) is 13.1. The van der Waals surface area contributed by atoms with Crippen LogP contribution in [0.15, 0.2) is 41.6 Å². The van der Waals surface area contributed by atoms with E-state index in [1.807, 2.05) is 19.1 Å². The lowest BCUT2D eigenvalue weighted by Gasteiger charge is -2.07. The van der Waals surface area contributed by atoms with E-state index in [4.69, 9.17) is 17.3 Å². The number of hydrogen-bond donors (Lipinski definition) is 1. The minimum atomic E-state index is -1.20. The van der Waals surface area contributed by atoms with Gasteiger partial charge in [0.1, 0.15) is 0 Å². The first-order chi connectivity index (χ1) is 8.58. The van der Waals surface area contributed by atoms with Crippen LogP contribution in [0.1, 0.15) is 11.1 Å². The molecule has 2 rings (SSSR count). The second kappa shape index (κ2) is 5.50. The predicted octanol–water partition coefficient (Wildman–Crippen LogP) is 2.93. The van der Waals surface area contributed by atoms with Gasteiger partial charge in [-0.2, -0.15) is 0 Å². The number of halogens is 1. The Labute approximate surface area is 113 Å². The standard InChI is InChI=1S/C13H13ClN2OS/c1-9-2-3-13(12(15)6-9)18(17)8-10-4-5-16-7-11(10)14/h2-7H,8,15H2,1H3. The van der Waals surface area contributed by atoms with Gasteiger partial charge in [-0.15, -0.1) is 0 Å². The number of nitrogens with two attached hydrogens (primary N) is 1. The van der Waals surface area contributed by atoms with Crippen LogP contribution < -0.4 is 5.73 Å². The molecule has 0 saturated heterocycles. The number of hydrogen-bond acceptors (Lipinski definition) is 3. The van der Waals surface area contributed by atoms with Crippen molar-refractivity contribution in [3.63, 3.8) is 0 Å². The molecule has 1 aromatic carbocycles. The van der Waals surface area contributed by atoms with Gasteiger partial charge < -0.3 is 5.73 Å². The Balaban J connectivity index is 2.25. The largest absolute Gasteiger partial charge is 0.398 e. The number of anilines is 1. The molecule has 3 nitrogen and oxygen atoms in total. The van der Waals surface area contributed by atoms with Gasteiger partial charge >= 0.3 is 0 Å². The molecular weight excluding hydrogens is 268 g/mol. The summed E-state index contributed by atoms with van der Waals surface area (Å²) in [6.07, 6.45) is 3.18. The summed E-state index contributed by atoms with van der Waals surface area (Å²) >= 11 is 5.99. The van der Waals surface area contributed by atoms with Gasteiger partial charge in [-0.3, -0.25) is 9.19 Å². The van der Waals surface area contributed by atoms with Crippen LogP contribution in [-0.2, 0) is 16.6 Å². The molecule has 0 amide bonds. The summed E-state index contributed by atoms with van der Waals surface area (Å²) in [4.78, 5) is 4.55. The molecule has 0 fully saturated rings. The van der Waals surface area contributed by atoms with E-state index in [9.17, 15) is 4.21 Å². The average Bonchev–Trinajstić information content (AvgIpc) is 2.32. The smallest absolute Gasteiger partial charge is 0.0630 e. The maximum Gasteiger partial charge on any atom is 0.0630 e. The average molecular weight is 281 g/mol. The highest BCUT2D eigenvalue weighted by Crippen LogP contribution is 2.23. The van der Waals surface area contributed by atoms with Crippen LogP contribution >= 0.6 is 11.6 Å². The first-order valence-electron chi connectivity index (χ1n) is 5.41. The number of nitrogens with zero attached hydrogens (tertiary/aromatic N) is 1. The van der Waals surface area contributed by atoms with Gasteiger partial charge in [0.25, 0.3) is 0 Å².